The van der Waals surface area contributed by atoms with Crippen LogP contribution in [-0.4, -0.2) is 52.0 Å². The molecule has 1 aliphatic rings. The van der Waals surface area contributed by atoms with E-state index in [9.17, 15) is 4.39 Å². The Hall–Kier alpha value is -1.96. The van der Waals surface area contributed by atoms with Gasteiger partial charge in [-0.1, -0.05) is 5.16 Å². The molecule has 2 heterocycles. The summed E-state index contributed by atoms with van der Waals surface area (Å²) in [5, 5.41) is 18.6. The summed E-state index contributed by atoms with van der Waals surface area (Å²) in [4.78, 5) is 20.2. The molecule has 0 spiro atoms. The Labute approximate surface area is 115 Å². The number of carbonyl (C=O) groups is 2. The zero-order valence-electron chi connectivity index (χ0n) is 11.2. The van der Waals surface area contributed by atoms with Crippen LogP contribution < -0.4 is 0 Å². The molecule has 0 unspecified atom stereocenters. The van der Waals surface area contributed by atoms with Crippen molar-refractivity contribution in [2.24, 2.45) is 0 Å². The minimum atomic E-state index is -1.82. The molecule has 1 saturated heterocycles. The molecular weight excluding hydrogens is 271 g/mol. The Morgan fingerprint density at radius 2 is 2.05 bits per heavy atom. The van der Waals surface area contributed by atoms with Crippen molar-refractivity contribution in [2.75, 3.05) is 13.7 Å². The van der Waals surface area contributed by atoms with Crippen LogP contribution in [0.2, 0.25) is 0 Å². The van der Waals surface area contributed by atoms with Gasteiger partial charge in [0, 0.05) is 12.1 Å². The van der Waals surface area contributed by atoms with Crippen LogP contribution in [0.25, 0.3) is 0 Å². The molecule has 1 aromatic heterocycles. The molecular formula is C12H17FN2O5. The summed E-state index contributed by atoms with van der Waals surface area (Å²) in [7, 11) is 1.94. The molecule has 112 valence electrons. The summed E-state index contributed by atoms with van der Waals surface area (Å²) in [6.45, 7) is 1.62. The molecule has 0 aromatic carbocycles. The first kappa shape index (κ1) is 16.1. The van der Waals surface area contributed by atoms with Gasteiger partial charge < -0.3 is 14.7 Å². The van der Waals surface area contributed by atoms with E-state index in [4.69, 9.17) is 24.3 Å². The lowest BCUT2D eigenvalue weighted by molar-refractivity contribution is -0.159. The van der Waals surface area contributed by atoms with Gasteiger partial charge in [-0.2, -0.15) is 0 Å². The molecule has 2 N–H and O–H groups in total. The molecule has 0 bridgehead atoms. The minimum Gasteiger partial charge on any atom is -0.473 e. The zero-order chi connectivity index (χ0) is 15.3. The summed E-state index contributed by atoms with van der Waals surface area (Å²) < 4.78 is 17.8. The first-order valence-electron chi connectivity index (χ1n) is 6.04. The molecule has 8 heteroatoms. The molecule has 2 rings (SSSR count). The summed E-state index contributed by atoms with van der Waals surface area (Å²) in [6, 6.07) is 2.18. The predicted octanol–water partition coefficient (Wildman–Crippen LogP) is 1.24. The van der Waals surface area contributed by atoms with E-state index in [1.165, 1.54) is 0 Å². The molecule has 0 amide bonds. The van der Waals surface area contributed by atoms with E-state index in [1.807, 2.05) is 24.9 Å². The first-order chi connectivity index (χ1) is 9.36. The van der Waals surface area contributed by atoms with E-state index in [1.54, 1.807) is 0 Å². The van der Waals surface area contributed by atoms with Gasteiger partial charge >= 0.3 is 11.9 Å². The van der Waals surface area contributed by atoms with E-state index in [2.05, 4.69) is 5.16 Å². The molecule has 0 radical (unpaired) electrons. The monoisotopic (exact) mass is 288 g/mol. The van der Waals surface area contributed by atoms with Crippen molar-refractivity contribution in [3.8, 4) is 0 Å². The van der Waals surface area contributed by atoms with Crippen molar-refractivity contribution >= 4 is 11.9 Å². The van der Waals surface area contributed by atoms with Gasteiger partial charge in [0.2, 0.25) is 0 Å². The third kappa shape index (κ3) is 4.02. The highest BCUT2D eigenvalue weighted by atomic mass is 19.1. The number of halogens is 1. The fourth-order valence-electron chi connectivity index (χ4n) is 2.08. The topological polar surface area (TPSA) is 104 Å². The summed E-state index contributed by atoms with van der Waals surface area (Å²) in [5.41, 5.74) is 0.886. The van der Waals surface area contributed by atoms with E-state index in [-0.39, 0.29) is 18.8 Å². The quantitative estimate of drug-likeness (QED) is 0.789. The Morgan fingerprint density at radius 1 is 1.45 bits per heavy atom. The van der Waals surface area contributed by atoms with E-state index in [0.717, 1.165) is 24.3 Å². The number of alkyl halides is 1. The van der Waals surface area contributed by atoms with Gasteiger partial charge in [-0.25, -0.2) is 14.0 Å². The van der Waals surface area contributed by atoms with Crippen molar-refractivity contribution in [1.82, 2.24) is 10.1 Å². The maximum absolute atomic E-state index is 12.6. The molecule has 0 aliphatic carbocycles. The van der Waals surface area contributed by atoms with Gasteiger partial charge in [0.05, 0.1) is 11.7 Å². The SMILES string of the molecule is Cc1cc([C@H]2CC[C@H](CF)N2C)on1.O=C(O)C(=O)O. The van der Waals surface area contributed by atoms with Crippen LogP contribution in [0.1, 0.15) is 30.3 Å². The third-order valence-electron chi connectivity index (χ3n) is 3.18. The average molecular weight is 288 g/mol. The smallest absolute Gasteiger partial charge is 0.414 e. The van der Waals surface area contributed by atoms with E-state index < -0.39 is 11.9 Å². The maximum Gasteiger partial charge on any atom is 0.414 e. The van der Waals surface area contributed by atoms with Gasteiger partial charge in [-0.3, -0.25) is 4.90 Å². The van der Waals surface area contributed by atoms with E-state index in [0.29, 0.717) is 0 Å². The molecule has 2 atom stereocenters. The van der Waals surface area contributed by atoms with Crippen LogP contribution in [-0.2, 0) is 9.59 Å². The Balaban J connectivity index is 0.000000286. The summed E-state index contributed by atoms with van der Waals surface area (Å²) in [6.07, 6.45) is 1.86. The van der Waals surface area contributed by atoms with Gasteiger partial charge in [-0.05, 0) is 26.8 Å². The Bertz CT molecular complexity index is 464. The van der Waals surface area contributed by atoms with Crippen LogP contribution in [0.3, 0.4) is 0 Å². The number of likely N-dealkylation sites (tertiary alicyclic amines) is 1. The number of carboxylic acid groups (broad SMARTS) is 2. The Kier molecular flexibility index (Phi) is 5.63. The maximum atomic E-state index is 12.6. The van der Waals surface area contributed by atoms with Crippen molar-refractivity contribution < 1.29 is 28.7 Å². The van der Waals surface area contributed by atoms with Crippen LogP contribution in [0.4, 0.5) is 4.39 Å². The molecule has 1 aromatic rings. The molecule has 0 saturated carbocycles. The molecule has 1 aliphatic heterocycles. The van der Waals surface area contributed by atoms with Gasteiger partial charge in [0.25, 0.3) is 0 Å². The summed E-state index contributed by atoms with van der Waals surface area (Å²) >= 11 is 0. The number of hydrogen-bond acceptors (Lipinski definition) is 5. The normalized spacial score (nSPS) is 22.1. The van der Waals surface area contributed by atoms with E-state index >= 15 is 0 Å². The highest BCUT2D eigenvalue weighted by molar-refractivity contribution is 6.27. The fourth-order valence-corrected chi connectivity index (χ4v) is 2.08. The van der Waals surface area contributed by atoms with Crippen molar-refractivity contribution in [1.29, 1.82) is 0 Å². The lowest BCUT2D eigenvalue weighted by Crippen LogP contribution is -2.28. The minimum absolute atomic E-state index is 0.0467. The van der Waals surface area contributed by atoms with Crippen LogP contribution in [0.5, 0.6) is 0 Å². The number of rotatable bonds is 2. The standard InChI is InChI=1S/C10H15FN2O.C2H2O4/c1-7-5-10(14-12-7)9-4-3-8(6-11)13(9)2;3-1(4)2(5)6/h5,8-9H,3-4,6H2,1-2H3;(H,3,4)(H,5,6)/t8-,9-;/m1./s1. The predicted molar refractivity (Wildman–Crippen MR) is 66.0 cm³/mol. The fraction of sp³-hybridized carbons (Fsp3) is 0.583. The van der Waals surface area contributed by atoms with Crippen LogP contribution >= 0.6 is 0 Å². The number of nitrogens with zero attached hydrogens (tertiary/aromatic N) is 2. The van der Waals surface area contributed by atoms with Gasteiger partial charge in [0.15, 0.2) is 5.76 Å². The Morgan fingerprint density at radius 3 is 2.40 bits per heavy atom. The molecule has 20 heavy (non-hydrogen) atoms. The average Bonchev–Trinajstić information content (AvgIpc) is 2.96. The second kappa shape index (κ2) is 6.99. The van der Waals surface area contributed by atoms with Crippen molar-refractivity contribution in [3.63, 3.8) is 0 Å². The number of aliphatic carboxylic acids is 2. The third-order valence-corrected chi connectivity index (χ3v) is 3.18. The molecule has 1 fully saturated rings. The van der Waals surface area contributed by atoms with Crippen LogP contribution in [0.15, 0.2) is 10.6 Å². The molecule has 7 nitrogen and oxygen atoms in total. The van der Waals surface area contributed by atoms with Gasteiger partial charge in [-0.15, -0.1) is 0 Å². The number of aryl methyl sites for hydroxylation is 1. The van der Waals surface area contributed by atoms with Crippen molar-refractivity contribution in [2.45, 2.75) is 31.8 Å². The second-order valence-corrected chi connectivity index (χ2v) is 4.55. The highest BCUT2D eigenvalue weighted by Gasteiger charge is 2.33. The highest BCUT2D eigenvalue weighted by Crippen LogP contribution is 2.34. The largest absolute Gasteiger partial charge is 0.473 e. The number of aromatic nitrogens is 1. The van der Waals surface area contributed by atoms with Gasteiger partial charge in [0.1, 0.15) is 6.67 Å². The lowest BCUT2D eigenvalue weighted by atomic mass is 10.1. The van der Waals surface area contributed by atoms with Crippen molar-refractivity contribution in [3.05, 3.63) is 17.5 Å². The number of carboxylic acids is 2. The number of hydrogen-bond donors (Lipinski definition) is 2. The second-order valence-electron chi connectivity index (χ2n) is 4.55. The zero-order valence-corrected chi connectivity index (χ0v) is 11.2. The first-order valence-corrected chi connectivity index (χ1v) is 6.04. The van der Waals surface area contributed by atoms with Crippen LogP contribution in [0, 0.1) is 6.92 Å². The lowest BCUT2D eigenvalue weighted by Gasteiger charge is -2.21. The summed E-state index contributed by atoms with van der Waals surface area (Å²) in [5.74, 6) is -2.79.